The molecule has 1 N–H and O–H groups in total. The van der Waals surface area contributed by atoms with Crippen LogP contribution in [0.4, 0.5) is 0 Å². The summed E-state index contributed by atoms with van der Waals surface area (Å²) in [6, 6.07) is 16.1. The Hall–Kier alpha value is -2.26. The van der Waals surface area contributed by atoms with Crippen LogP contribution < -0.4 is 4.74 Å². The van der Waals surface area contributed by atoms with Gasteiger partial charge in [0.2, 0.25) is 0 Å². The third-order valence-corrected chi connectivity index (χ3v) is 4.56. The number of hydrogen-bond donors (Lipinski definition) is 1. The maximum Gasteiger partial charge on any atom is 0.130 e. The van der Waals surface area contributed by atoms with Gasteiger partial charge in [0.15, 0.2) is 0 Å². The zero-order chi connectivity index (χ0) is 18.0. The summed E-state index contributed by atoms with van der Waals surface area (Å²) in [4.78, 5) is 0. The van der Waals surface area contributed by atoms with Crippen LogP contribution in [0.15, 0.2) is 48.5 Å². The third kappa shape index (κ3) is 4.05. The predicted octanol–water partition coefficient (Wildman–Crippen LogP) is 5.92. The van der Waals surface area contributed by atoms with E-state index >= 15 is 0 Å². The highest BCUT2D eigenvalue weighted by Crippen LogP contribution is 2.35. The molecule has 0 saturated carbocycles. The van der Waals surface area contributed by atoms with E-state index in [2.05, 4.69) is 31.0 Å². The minimum Gasteiger partial charge on any atom is -0.487 e. The van der Waals surface area contributed by atoms with Crippen molar-refractivity contribution in [3.63, 3.8) is 0 Å². The van der Waals surface area contributed by atoms with Crippen LogP contribution in [0.5, 0.6) is 5.75 Å². The number of benzene rings is 2. The summed E-state index contributed by atoms with van der Waals surface area (Å²) in [6.45, 7) is 8.90. The molecule has 3 rings (SSSR count). The number of H-pyrrole nitrogens is 1. The number of aromatic nitrogens is 2. The van der Waals surface area contributed by atoms with Crippen molar-refractivity contribution in [2.45, 2.75) is 39.7 Å². The Balaban J connectivity index is 1.81. The lowest BCUT2D eigenvalue weighted by atomic mass is 9.86. The van der Waals surface area contributed by atoms with E-state index in [1.54, 1.807) is 0 Å². The van der Waals surface area contributed by atoms with Gasteiger partial charge in [-0.15, -0.1) is 0 Å². The van der Waals surface area contributed by atoms with E-state index in [0.29, 0.717) is 6.61 Å². The number of nitrogens with zero attached hydrogens (tertiary/aromatic N) is 1. The number of aromatic amines is 1. The monoisotopic (exact) mass is 354 g/mol. The quantitative estimate of drug-likeness (QED) is 0.631. The fourth-order valence-electron chi connectivity index (χ4n) is 2.71. The van der Waals surface area contributed by atoms with Gasteiger partial charge >= 0.3 is 0 Å². The lowest BCUT2D eigenvalue weighted by Crippen LogP contribution is -2.14. The van der Waals surface area contributed by atoms with Crippen molar-refractivity contribution < 1.29 is 4.74 Å². The predicted molar refractivity (Wildman–Crippen MR) is 103 cm³/mol. The highest BCUT2D eigenvalue weighted by atomic mass is 35.5. The van der Waals surface area contributed by atoms with E-state index in [1.807, 2.05) is 55.5 Å². The molecule has 0 aliphatic carbocycles. The molecule has 0 fully saturated rings. The number of nitrogens with one attached hydrogen (secondary N) is 1. The van der Waals surface area contributed by atoms with Gasteiger partial charge in [0.1, 0.15) is 12.4 Å². The van der Waals surface area contributed by atoms with E-state index < -0.39 is 0 Å². The average Bonchev–Trinajstić information content (AvgIpc) is 3.04. The van der Waals surface area contributed by atoms with E-state index in [9.17, 15) is 0 Å². The lowest BCUT2D eigenvalue weighted by Gasteiger charge is -2.23. The Morgan fingerprint density at radius 3 is 2.48 bits per heavy atom. The Labute approximate surface area is 154 Å². The van der Waals surface area contributed by atoms with E-state index in [4.69, 9.17) is 16.3 Å². The van der Waals surface area contributed by atoms with E-state index in [-0.39, 0.29) is 5.41 Å². The van der Waals surface area contributed by atoms with Gasteiger partial charge in [0.05, 0.1) is 11.4 Å². The summed E-state index contributed by atoms with van der Waals surface area (Å²) in [5.41, 5.74) is 5.01. The first-order chi connectivity index (χ1) is 11.8. The van der Waals surface area contributed by atoms with Crippen molar-refractivity contribution in [2.24, 2.45) is 0 Å². The van der Waals surface area contributed by atoms with Crippen molar-refractivity contribution in [1.29, 1.82) is 0 Å². The molecule has 3 aromatic rings. The second-order valence-electron chi connectivity index (χ2n) is 7.28. The van der Waals surface area contributed by atoms with Gasteiger partial charge in [-0.3, -0.25) is 5.10 Å². The normalized spacial score (nSPS) is 11.6. The third-order valence-electron chi connectivity index (χ3n) is 4.15. The van der Waals surface area contributed by atoms with Gasteiger partial charge in [-0.2, -0.15) is 5.10 Å². The zero-order valence-corrected chi connectivity index (χ0v) is 15.8. The second kappa shape index (κ2) is 6.93. The lowest BCUT2D eigenvalue weighted by molar-refractivity contribution is 0.292. The molecule has 0 bridgehead atoms. The van der Waals surface area contributed by atoms with Crippen molar-refractivity contribution >= 4 is 11.6 Å². The molecule has 0 amide bonds. The second-order valence-corrected chi connectivity index (χ2v) is 7.69. The minimum absolute atomic E-state index is 0.0458. The number of aryl methyl sites for hydroxylation is 1. The summed E-state index contributed by atoms with van der Waals surface area (Å²) < 4.78 is 6.10. The van der Waals surface area contributed by atoms with Crippen LogP contribution in [-0.4, -0.2) is 10.2 Å². The summed E-state index contributed by atoms with van der Waals surface area (Å²) in [7, 11) is 0. The van der Waals surface area contributed by atoms with Crippen LogP contribution in [0.25, 0.3) is 11.3 Å². The summed E-state index contributed by atoms with van der Waals surface area (Å²) in [5.74, 6) is 0.866. The molecule has 0 atom stereocenters. The van der Waals surface area contributed by atoms with E-state index in [0.717, 1.165) is 38.9 Å². The standard InChI is InChI=1S/C21H23ClN2O/c1-14-10-20(17(12-18(14)22)21(2,3)4)25-13-16-11-19(24-23-16)15-8-6-5-7-9-15/h5-12H,13H2,1-4H3,(H,23,24). The largest absolute Gasteiger partial charge is 0.487 e. The van der Waals surface area contributed by atoms with Crippen LogP contribution in [0.3, 0.4) is 0 Å². The number of hydrogen-bond acceptors (Lipinski definition) is 2. The zero-order valence-electron chi connectivity index (χ0n) is 15.1. The molecule has 1 aromatic heterocycles. The maximum atomic E-state index is 6.31. The molecule has 2 aromatic carbocycles. The number of halogens is 1. The van der Waals surface area contributed by atoms with Crippen molar-refractivity contribution in [3.05, 3.63) is 70.4 Å². The average molecular weight is 355 g/mol. The molecule has 0 saturated heterocycles. The Kier molecular flexibility index (Phi) is 4.87. The van der Waals surface area contributed by atoms with Gasteiger partial charge in [-0.1, -0.05) is 62.7 Å². The first-order valence-corrected chi connectivity index (χ1v) is 8.75. The Bertz CT molecular complexity index is 863. The molecular weight excluding hydrogens is 332 g/mol. The first-order valence-electron chi connectivity index (χ1n) is 8.38. The SMILES string of the molecule is Cc1cc(OCc2cc(-c3ccccc3)n[nH]2)c(C(C)(C)C)cc1Cl. The topological polar surface area (TPSA) is 37.9 Å². The molecule has 1 heterocycles. The molecular formula is C21H23ClN2O. The first kappa shape index (κ1) is 17.6. The van der Waals surface area contributed by atoms with Gasteiger partial charge in [0, 0.05) is 16.1 Å². The minimum atomic E-state index is -0.0458. The smallest absolute Gasteiger partial charge is 0.130 e. The molecule has 0 spiro atoms. The summed E-state index contributed by atoms with van der Waals surface area (Å²) in [5, 5.41) is 8.20. The molecule has 4 heteroatoms. The molecule has 0 aliphatic rings. The number of rotatable bonds is 4. The summed E-state index contributed by atoms with van der Waals surface area (Å²) >= 11 is 6.31. The molecule has 0 radical (unpaired) electrons. The Morgan fingerprint density at radius 1 is 1.08 bits per heavy atom. The summed E-state index contributed by atoms with van der Waals surface area (Å²) in [6.07, 6.45) is 0. The molecule has 3 nitrogen and oxygen atoms in total. The van der Waals surface area contributed by atoms with Crippen LogP contribution >= 0.6 is 11.6 Å². The van der Waals surface area contributed by atoms with Gasteiger partial charge in [-0.05, 0) is 36.1 Å². The van der Waals surface area contributed by atoms with Crippen LogP contribution in [0, 0.1) is 6.92 Å². The van der Waals surface area contributed by atoms with Crippen molar-refractivity contribution in [3.8, 4) is 17.0 Å². The van der Waals surface area contributed by atoms with Gasteiger partial charge in [0.25, 0.3) is 0 Å². The molecule has 0 aliphatic heterocycles. The van der Waals surface area contributed by atoms with Crippen LogP contribution in [0.1, 0.15) is 37.6 Å². The Morgan fingerprint density at radius 2 is 1.80 bits per heavy atom. The maximum absolute atomic E-state index is 6.31. The number of ether oxygens (including phenoxy) is 1. The van der Waals surface area contributed by atoms with Crippen LogP contribution in [0.2, 0.25) is 5.02 Å². The highest BCUT2D eigenvalue weighted by Gasteiger charge is 2.21. The van der Waals surface area contributed by atoms with Crippen molar-refractivity contribution in [2.75, 3.05) is 0 Å². The van der Waals surface area contributed by atoms with Gasteiger partial charge in [-0.25, -0.2) is 0 Å². The fourth-order valence-corrected chi connectivity index (χ4v) is 2.87. The van der Waals surface area contributed by atoms with Crippen molar-refractivity contribution in [1.82, 2.24) is 10.2 Å². The molecule has 130 valence electrons. The fraction of sp³-hybridized carbons (Fsp3) is 0.286. The molecule has 0 unspecified atom stereocenters. The highest BCUT2D eigenvalue weighted by molar-refractivity contribution is 6.31. The molecule has 25 heavy (non-hydrogen) atoms. The van der Waals surface area contributed by atoms with Crippen LogP contribution in [-0.2, 0) is 12.0 Å². The van der Waals surface area contributed by atoms with Gasteiger partial charge < -0.3 is 4.74 Å². The van der Waals surface area contributed by atoms with E-state index in [1.165, 1.54) is 0 Å².